The number of carbonyl (C=O) groups is 3. The third kappa shape index (κ3) is 4.81. The largest absolute Gasteiger partial charge is 0.480 e. The van der Waals surface area contributed by atoms with Crippen molar-refractivity contribution in [1.82, 2.24) is 15.5 Å². The SMILES string of the molecule is CCN(CC(=O)O)C1CC(NC(=O)NC2CCCN(c3ccccc3)C2=O)C1. The number of aliphatic carboxylic acids is 1. The predicted octanol–water partition coefficient (Wildman–Crippen LogP) is 1.42. The number of carboxylic acid groups (broad SMARTS) is 1. The fourth-order valence-electron chi connectivity index (χ4n) is 3.94. The van der Waals surface area contributed by atoms with E-state index in [1.165, 1.54) is 0 Å². The van der Waals surface area contributed by atoms with E-state index in [1.807, 2.05) is 42.2 Å². The molecule has 3 rings (SSSR count). The number of nitrogens with one attached hydrogen (secondary N) is 2. The first kappa shape index (κ1) is 20.1. The Labute approximate surface area is 164 Å². The van der Waals surface area contributed by atoms with Crippen molar-refractivity contribution in [3.05, 3.63) is 30.3 Å². The van der Waals surface area contributed by atoms with Crippen LogP contribution in [0.2, 0.25) is 0 Å². The van der Waals surface area contributed by atoms with E-state index in [0.717, 1.165) is 24.9 Å². The number of rotatable bonds is 7. The van der Waals surface area contributed by atoms with E-state index in [9.17, 15) is 14.4 Å². The number of anilines is 1. The molecule has 28 heavy (non-hydrogen) atoms. The maximum Gasteiger partial charge on any atom is 0.317 e. The summed E-state index contributed by atoms with van der Waals surface area (Å²) in [7, 11) is 0. The molecule has 1 atom stereocenters. The van der Waals surface area contributed by atoms with Gasteiger partial charge in [0.15, 0.2) is 0 Å². The summed E-state index contributed by atoms with van der Waals surface area (Å²) < 4.78 is 0. The second-order valence-electron chi connectivity index (χ2n) is 7.42. The zero-order valence-corrected chi connectivity index (χ0v) is 16.1. The number of hydrogen-bond donors (Lipinski definition) is 3. The van der Waals surface area contributed by atoms with E-state index in [0.29, 0.717) is 19.5 Å². The summed E-state index contributed by atoms with van der Waals surface area (Å²) in [6, 6.07) is 8.81. The number of benzene rings is 1. The van der Waals surface area contributed by atoms with Crippen LogP contribution in [-0.2, 0) is 9.59 Å². The predicted molar refractivity (Wildman–Crippen MR) is 105 cm³/mol. The van der Waals surface area contributed by atoms with E-state index >= 15 is 0 Å². The van der Waals surface area contributed by atoms with Gasteiger partial charge in [0, 0.05) is 24.3 Å². The van der Waals surface area contributed by atoms with E-state index in [4.69, 9.17) is 5.11 Å². The molecule has 2 aliphatic rings. The normalized spacial score (nSPS) is 24.6. The van der Waals surface area contributed by atoms with E-state index in [1.54, 1.807) is 4.90 Å². The molecule has 8 heteroatoms. The van der Waals surface area contributed by atoms with Crippen molar-refractivity contribution < 1.29 is 19.5 Å². The van der Waals surface area contributed by atoms with Gasteiger partial charge >= 0.3 is 12.0 Å². The Morgan fingerprint density at radius 3 is 2.57 bits per heavy atom. The van der Waals surface area contributed by atoms with Crippen molar-refractivity contribution in [2.24, 2.45) is 0 Å². The minimum Gasteiger partial charge on any atom is -0.480 e. The summed E-state index contributed by atoms with van der Waals surface area (Å²) in [5.74, 6) is -0.924. The lowest BCUT2D eigenvalue weighted by Gasteiger charge is -2.42. The average Bonchev–Trinajstić information content (AvgIpc) is 2.65. The van der Waals surface area contributed by atoms with Crippen LogP contribution in [0, 0.1) is 0 Å². The molecular formula is C20H28N4O4. The highest BCUT2D eigenvalue weighted by atomic mass is 16.4. The number of hydrogen-bond acceptors (Lipinski definition) is 4. The summed E-state index contributed by atoms with van der Waals surface area (Å²) in [5, 5.41) is 14.7. The van der Waals surface area contributed by atoms with Gasteiger partial charge in [-0.05, 0) is 44.4 Å². The van der Waals surface area contributed by atoms with Gasteiger partial charge in [-0.3, -0.25) is 14.5 Å². The first-order valence-electron chi connectivity index (χ1n) is 9.87. The third-order valence-electron chi connectivity index (χ3n) is 5.52. The number of carboxylic acids is 1. The van der Waals surface area contributed by atoms with Gasteiger partial charge in [-0.25, -0.2) is 4.79 Å². The standard InChI is InChI=1S/C20H28N4O4/c1-2-23(13-18(25)26)16-11-14(12-16)21-20(28)22-17-9-6-10-24(19(17)27)15-7-4-3-5-8-15/h3-5,7-8,14,16-17H,2,6,9-13H2,1H3,(H,25,26)(H2,21,22,28). The molecule has 8 nitrogen and oxygen atoms in total. The van der Waals surface area contributed by atoms with E-state index in [2.05, 4.69) is 10.6 Å². The van der Waals surface area contributed by atoms with Gasteiger partial charge in [0.1, 0.15) is 6.04 Å². The molecule has 1 heterocycles. The summed E-state index contributed by atoms with van der Waals surface area (Å²) in [4.78, 5) is 39.6. The Morgan fingerprint density at radius 2 is 1.93 bits per heavy atom. The van der Waals surface area contributed by atoms with Crippen molar-refractivity contribution in [3.63, 3.8) is 0 Å². The molecule has 1 aromatic rings. The average molecular weight is 388 g/mol. The molecule has 152 valence electrons. The van der Waals surface area contributed by atoms with E-state index < -0.39 is 12.0 Å². The number of urea groups is 1. The molecule has 3 N–H and O–H groups in total. The molecule has 3 amide bonds. The number of nitrogens with zero attached hydrogens (tertiary/aromatic N) is 2. The topological polar surface area (TPSA) is 102 Å². The first-order chi connectivity index (χ1) is 13.5. The second kappa shape index (κ2) is 9.05. The maximum atomic E-state index is 12.7. The highest BCUT2D eigenvalue weighted by molar-refractivity contribution is 5.99. The number of para-hydroxylation sites is 1. The smallest absolute Gasteiger partial charge is 0.317 e. The minimum atomic E-state index is -0.838. The van der Waals surface area contributed by atoms with Crippen LogP contribution < -0.4 is 15.5 Å². The highest BCUT2D eigenvalue weighted by Gasteiger charge is 2.36. The van der Waals surface area contributed by atoms with Gasteiger partial charge in [-0.2, -0.15) is 0 Å². The van der Waals surface area contributed by atoms with Gasteiger partial charge in [0.25, 0.3) is 0 Å². The first-order valence-corrected chi connectivity index (χ1v) is 9.87. The van der Waals surface area contributed by atoms with Gasteiger partial charge in [0.05, 0.1) is 6.54 Å². The Balaban J connectivity index is 1.46. The molecule has 1 saturated heterocycles. The highest BCUT2D eigenvalue weighted by Crippen LogP contribution is 2.26. The Hall–Kier alpha value is -2.61. The quantitative estimate of drug-likeness (QED) is 0.656. The van der Waals surface area contributed by atoms with Gasteiger partial charge in [0.2, 0.25) is 5.91 Å². The third-order valence-corrected chi connectivity index (χ3v) is 5.52. The van der Waals surface area contributed by atoms with Crippen molar-refractivity contribution in [1.29, 1.82) is 0 Å². The molecule has 1 unspecified atom stereocenters. The number of amides is 3. The summed E-state index contributed by atoms with van der Waals surface area (Å²) in [6.45, 7) is 3.28. The van der Waals surface area contributed by atoms with Crippen LogP contribution >= 0.6 is 0 Å². The molecule has 0 radical (unpaired) electrons. The van der Waals surface area contributed by atoms with Crippen LogP contribution in [0.4, 0.5) is 10.5 Å². The number of piperidine rings is 1. The van der Waals surface area contributed by atoms with Crippen molar-refractivity contribution in [3.8, 4) is 0 Å². The Morgan fingerprint density at radius 1 is 1.21 bits per heavy atom. The second-order valence-corrected chi connectivity index (χ2v) is 7.42. The summed E-state index contributed by atoms with van der Waals surface area (Å²) in [5.41, 5.74) is 0.847. The van der Waals surface area contributed by atoms with Crippen molar-refractivity contribution >= 4 is 23.6 Å². The summed E-state index contributed by atoms with van der Waals surface area (Å²) >= 11 is 0. The molecule has 0 bridgehead atoms. The van der Waals surface area contributed by atoms with Crippen molar-refractivity contribution in [2.75, 3.05) is 24.5 Å². The minimum absolute atomic E-state index is 0.0109. The molecule has 0 spiro atoms. The van der Waals surface area contributed by atoms with Crippen LogP contribution in [0.15, 0.2) is 30.3 Å². The van der Waals surface area contributed by atoms with Gasteiger partial charge in [-0.1, -0.05) is 25.1 Å². The van der Waals surface area contributed by atoms with Gasteiger partial charge in [-0.15, -0.1) is 0 Å². The molecule has 0 aromatic heterocycles. The molecule has 1 saturated carbocycles. The lowest BCUT2D eigenvalue weighted by molar-refractivity contribution is -0.139. The van der Waals surface area contributed by atoms with Crippen LogP contribution in [0.1, 0.15) is 32.6 Å². The molecule has 1 aliphatic carbocycles. The Kier molecular flexibility index (Phi) is 6.51. The van der Waals surface area contributed by atoms with Crippen LogP contribution in [0.3, 0.4) is 0 Å². The fraction of sp³-hybridized carbons (Fsp3) is 0.550. The lowest BCUT2D eigenvalue weighted by atomic mass is 9.85. The number of carbonyl (C=O) groups excluding carboxylic acids is 2. The molecule has 1 aliphatic heterocycles. The molecule has 2 fully saturated rings. The maximum absolute atomic E-state index is 12.7. The Bertz CT molecular complexity index is 705. The molecule has 1 aromatic carbocycles. The fourth-order valence-corrected chi connectivity index (χ4v) is 3.94. The van der Waals surface area contributed by atoms with Crippen molar-refractivity contribution in [2.45, 2.75) is 50.7 Å². The zero-order valence-electron chi connectivity index (χ0n) is 16.1. The van der Waals surface area contributed by atoms with E-state index in [-0.39, 0.29) is 30.6 Å². The molecular weight excluding hydrogens is 360 g/mol. The number of likely N-dealkylation sites (N-methyl/N-ethyl adjacent to an activating group) is 1. The monoisotopic (exact) mass is 388 g/mol. The summed E-state index contributed by atoms with van der Waals surface area (Å²) in [6.07, 6.45) is 2.91. The van der Waals surface area contributed by atoms with Crippen LogP contribution in [0.25, 0.3) is 0 Å². The zero-order chi connectivity index (χ0) is 20.1. The van der Waals surface area contributed by atoms with Gasteiger partial charge < -0.3 is 20.6 Å². The van der Waals surface area contributed by atoms with Crippen LogP contribution in [0.5, 0.6) is 0 Å². The lowest BCUT2D eigenvalue weighted by Crippen LogP contribution is -2.59. The van der Waals surface area contributed by atoms with Crippen LogP contribution in [-0.4, -0.2) is 65.7 Å².